The number of benzene rings is 2. The van der Waals surface area contributed by atoms with Gasteiger partial charge in [-0.1, -0.05) is 12.1 Å². The largest absolute Gasteiger partial charge is 0.340 e. The molecule has 6 heteroatoms. The molecule has 0 saturated carbocycles. The van der Waals surface area contributed by atoms with Crippen LogP contribution in [0.25, 0.3) is 11.0 Å². The number of aromatic nitrogens is 2. The Bertz CT molecular complexity index is 896. The van der Waals surface area contributed by atoms with Crippen molar-refractivity contribution in [2.24, 2.45) is 0 Å². The molecule has 0 aliphatic carbocycles. The fourth-order valence-electron chi connectivity index (χ4n) is 2.33. The highest BCUT2D eigenvalue weighted by Crippen LogP contribution is 2.25. The number of thioether (sulfide) groups is 1. The van der Waals surface area contributed by atoms with Crippen LogP contribution in [0.1, 0.15) is 22.1 Å². The second kappa shape index (κ2) is 6.23. The van der Waals surface area contributed by atoms with E-state index in [1.807, 2.05) is 24.3 Å². The number of nitrogens with one attached hydrogen (secondary N) is 1. The fraction of sp³-hybridized carbons (Fsp3) is 0.118. The van der Waals surface area contributed by atoms with Crippen molar-refractivity contribution in [2.75, 3.05) is 6.26 Å². The number of carbonyl (C=O) groups excluding carboxylic acids is 1. The SMILES string of the molecule is CSc1cc(C(=O)[C@@H](C#N)c2nc3ccccc3[nH]2)ccc1F. The van der Waals surface area contributed by atoms with Gasteiger partial charge in [-0.3, -0.25) is 4.79 Å². The van der Waals surface area contributed by atoms with Crippen LogP contribution in [0.3, 0.4) is 0 Å². The Hall–Kier alpha value is -2.65. The molecule has 0 aliphatic rings. The van der Waals surface area contributed by atoms with Crippen LogP contribution in [-0.4, -0.2) is 22.0 Å². The molecule has 1 heterocycles. The number of aromatic amines is 1. The molecule has 0 bridgehead atoms. The first-order valence-electron chi connectivity index (χ1n) is 6.86. The number of hydrogen-bond donors (Lipinski definition) is 1. The van der Waals surface area contributed by atoms with E-state index in [4.69, 9.17) is 0 Å². The van der Waals surface area contributed by atoms with Gasteiger partial charge >= 0.3 is 0 Å². The summed E-state index contributed by atoms with van der Waals surface area (Å²) < 4.78 is 13.6. The Morgan fingerprint density at radius 2 is 2.13 bits per heavy atom. The number of nitriles is 1. The number of imidazole rings is 1. The van der Waals surface area contributed by atoms with Crippen LogP contribution >= 0.6 is 11.8 Å². The highest BCUT2D eigenvalue weighted by Gasteiger charge is 2.25. The van der Waals surface area contributed by atoms with Gasteiger partial charge < -0.3 is 4.98 Å². The number of para-hydroxylation sites is 2. The molecule has 1 aromatic heterocycles. The minimum Gasteiger partial charge on any atom is -0.340 e. The van der Waals surface area contributed by atoms with Gasteiger partial charge in [0.1, 0.15) is 11.6 Å². The van der Waals surface area contributed by atoms with Gasteiger partial charge in [0.05, 0.1) is 17.1 Å². The van der Waals surface area contributed by atoms with Crippen molar-refractivity contribution in [1.29, 1.82) is 5.26 Å². The Morgan fingerprint density at radius 1 is 1.35 bits per heavy atom. The van der Waals surface area contributed by atoms with Gasteiger partial charge in [0.25, 0.3) is 0 Å². The van der Waals surface area contributed by atoms with E-state index >= 15 is 0 Å². The molecule has 3 rings (SSSR count). The molecule has 2 aromatic carbocycles. The quantitative estimate of drug-likeness (QED) is 0.583. The number of carbonyl (C=O) groups is 1. The summed E-state index contributed by atoms with van der Waals surface area (Å²) in [5.74, 6) is -1.54. The van der Waals surface area contributed by atoms with Gasteiger partial charge in [-0.05, 0) is 36.6 Å². The fourth-order valence-corrected chi connectivity index (χ4v) is 2.84. The highest BCUT2D eigenvalue weighted by atomic mass is 32.2. The van der Waals surface area contributed by atoms with E-state index in [0.29, 0.717) is 21.8 Å². The van der Waals surface area contributed by atoms with Crippen molar-refractivity contribution in [1.82, 2.24) is 9.97 Å². The highest BCUT2D eigenvalue weighted by molar-refractivity contribution is 7.98. The molecule has 0 amide bonds. The van der Waals surface area contributed by atoms with E-state index < -0.39 is 11.7 Å². The number of hydrogen-bond acceptors (Lipinski definition) is 4. The number of ketones is 1. The number of halogens is 1. The van der Waals surface area contributed by atoms with Crippen molar-refractivity contribution in [3.63, 3.8) is 0 Å². The third-order valence-electron chi connectivity index (χ3n) is 3.51. The molecule has 3 aromatic rings. The van der Waals surface area contributed by atoms with E-state index in [9.17, 15) is 14.4 Å². The Kier molecular flexibility index (Phi) is 4.13. The molecule has 0 fully saturated rings. The molecule has 0 spiro atoms. The third-order valence-corrected chi connectivity index (χ3v) is 4.26. The maximum atomic E-state index is 13.6. The topological polar surface area (TPSA) is 69.5 Å². The van der Waals surface area contributed by atoms with Gasteiger partial charge in [0, 0.05) is 10.5 Å². The maximum absolute atomic E-state index is 13.6. The lowest BCUT2D eigenvalue weighted by atomic mass is 9.98. The summed E-state index contributed by atoms with van der Waals surface area (Å²) in [6, 6.07) is 13.4. The average Bonchev–Trinajstić information content (AvgIpc) is 2.99. The van der Waals surface area contributed by atoms with Crippen molar-refractivity contribution >= 4 is 28.6 Å². The van der Waals surface area contributed by atoms with Crippen LogP contribution in [0, 0.1) is 17.1 Å². The van der Waals surface area contributed by atoms with Crippen LogP contribution < -0.4 is 0 Å². The lowest BCUT2D eigenvalue weighted by molar-refractivity contribution is 0.0976. The molecule has 23 heavy (non-hydrogen) atoms. The van der Waals surface area contributed by atoms with E-state index in [1.165, 1.54) is 30.0 Å². The molecule has 0 unspecified atom stereocenters. The van der Waals surface area contributed by atoms with E-state index in [1.54, 1.807) is 12.3 Å². The molecule has 1 atom stereocenters. The monoisotopic (exact) mass is 325 g/mol. The van der Waals surface area contributed by atoms with Crippen molar-refractivity contribution in [2.45, 2.75) is 10.8 Å². The molecule has 0 radical (unpaired) electrons. The minimum atomic E-state index is -1.05. The van der Waals surface area contributed by atoms with Gasteiger partial charge in [-0.25, -0.2) is 9.37 Å². The first-order chi connectivity index (χ1) is 11.1. The zero-order chi connectivity index (χ0) is 16.4. The van der Waals surface area contributed by atoms with Crippen molar-refractivity contribution < 1.29 is 9.18 Å². The third kappa shape index (κ3) is 2.83. The second-order valence-corrected chi connectivity index (χ2v) is 5.76. The van der Waals surface area contributed by atoms with Crippen LogP contribution in [-0.2, 0) is 0 Å². The van der Waals surface area contributed by atoms with E-state index in [-0.39, 0.29) is 5.82 Å². The Labute approximate surface area is 136 Å². The molecule has 0 aliphatic heterocycles. The zero-order valence-electron chi connectivity index (χ0n) is 12.2. The predicted molar refractivity (Wildman–Crippen MR) is 87.0 cm³/mol. The number of Topliss-reactive ketones (excluding diaryl/α,β-unsaturated/α-hetero) is 1. The average molecular weight is 325 g/mol. The number of fused-ring (bicyclic) bond motifs is 1. The molecular formula is C17H12FN3OS. The summed E-state index contributed by atoms with van der Waals surface area (Å²) in [7, 11) is 0. The minimum absolute atomic E-state index is 0.294. The van der Waals surface area contributed by atoms with Gasteiger partial charge in [0.2, 0.25) is 0 Å². The summed E-state index contributed by atoms with van der Waals surface area (Å²) in [5.41, 5.74) is 1.75. The summed E-state index contributed by atoms with van der Waals surface area (Å²) in [6.07, 6.45) is 1.73. The summed E-state index contributed by atoms with van der Waals surface area (Å²) >= 11 is 1.21. The normalized spacial score (nSPS) is 12.0. The second-order valence-electron chi connectivity index (χ2n) is 4.91. The zero-order valence-corrected chi connectivity index (χ0v) is 13.0. The lowest BCUT2D eigenvalue weighted by Crippen LogP contribution is -2.13. The maximum Gasteiger partial charge on any atom is 0.187 e. The van der Waals surface area contributed by atoms with Gasteiger partial charge in [-0.15, -0.1) is 11.8 Å². The van der Waals surface area contributed by atoms with E-state index in [2.05, 4.69) is 9.97 Å². The van der Waals surface area contributed by atoms with E-state index in [0.717, 1.165) is 5.52 Å². The first kappa shape index (κ1) is 15.3. The Morgan fingerprint density at radius 3 is 2.83 bits per heavy atom. The van der Waals surface area contributed by atoms with Crippen LogP contribution in [0.4, 0.5) is 4.39 Å². The van der Waals surface area contributed by atoms with Gasteiger partial charge in [0.15, 0.2) is 11.7 Å². The summed E-state index contributed by atoms with van der Waals surface area (Å²) in [6.45, 7) is 0. The van der Waals surface area contributed by atoms with Gasteiger partial charge in [-0.2, -0.15) is 5.26 Å². The smallest absolute Gasteiger partial charge is 0.187 e. The molecule has 114 valence electrons. The summed E-state index contributed by atoms with van der Waals surface area (Å²) in [5, 5.41) is 9.41. The molecule has 1 N–H and O–H groups in total. The molecule has 4 nitrogen and oxygen atoms in total. The first-order valence-corrected chi connectivity index (χ1v) is 8.08. The van der Waals surface area contributed by atoms with Crippen LogP contribution in [0.5, 0.6) is 0 Å². The molecular weight excluding hydrogens is 313 g/mol. The number of H-pyrrole nitrogens is 1. The van der Waals surface area contributed by atoms with Crippen molar-refractivity contribution in [3.05, 3.63) is 59.7 Å². The van der Waals surface area contributed by atoms with Crippen LogP contribution in [0.2, 0.25) is 0 Å². The molecule has 0 saturated heterocycles. The summed E-state index contributed by atoms with van der Waals surface area (Å²) in [4.78, 5) is 20.3. The standard InChI is InChI=1S/C17H12FN3OS/c1-23-15-8-10(6-7-12(15)18)16(22)11(9-19)17-20-13-4-2-3-5-14(13)21-17/h2-8,11H,1H3,(H,20,21)/t11-/m1/s1. The van der Waals surface area contributed by atoms with Crippen LogP contribution in [0.15, 0.2) is 47.4 Å². The predicted octanol–water partition coefficient (Wildman–Crippen LogP) is 3.91. The van der Waals surface area contributed by atoms with Crippen molar-refractivity contribution in [3.8, 4) is 6.07 Å². The lowest BCUT2D eigenvalue weighted by Gasteiger charge is -2.07. The number of nitrogens with zero attached hydrogens (tertiary/aromatic N) is 2. The number of rotatable bonds is 4. The Balaban J connectivity index is 2.00.